The number of benzene rings is 1. The van der Waals surface area contributed by atoms with Crippen LogP contribution in [0.25, 0.3) is 0 Å². The lowest BCUT2D eigenvalue weighted by atomic mass is 10.0. The zero-order valence-electron chi connectivity index (χ0n) is 9.10. The Labute approximate surface area is 107 Å². The lowest BCUT2D eigenvalue weighted by Crippen LogP contribution is -2.17. The minimum atomic E-state index is -4.90. The molecule has 0 radical (unpaired) electrons. The second-order valence-corrected chi connectivity index (χ2v) is 4.21. The first-order chi connectivity index (χ1) is 7.80. The molecule has 0 spiro atoms. The van der Waals surface area contributed by atoms with Gasteiger partial charge in [0.25, 0.3) is 0 Å². The summed E-state index contributed by atoms with van der Waals surface area (Å²) in [5, 5.41) is 0. The minimum Gasteiger partial charge on any atom is -0.324 e. The first kappa shape index (κ1) is 15.2. The van der Waals surface area contributed by atoms with Crippen LogP contribution in [0.2, 0.25) is 0 Å². The molecule has 18 heavy (non-hydrogen) atoms. The summed E-state index contributed by atoms with van der Waals surface area (Å²) < 4.78 is 63.6. The van der Waals surface area contributed by atoms with Crippen molar-refractivity contribution in [3.05, 3.63) is 34.9 Å². The van der Waals surface area contributed by atoms with Gasteiger partial charge < -0.3 is 5.73 Å². The first-order valence-electron chi connectivity index (χ1n) is 5.12. The van der Waals surface area contributed by atoms with E-state index in [0.717, 1.165) is 12.8 Å². The van der Waals surface area contributed by atoms with Gasteiger partial charge in [-0.2, -0.15) is 13.2 Å². The molecule has 0 amide bonds. The Morgan fingerprint density at radius 2 is 1.67 bits per heavy atom. The standard InChI is InChI=1S/C11H10F5N.ClH/c12-8-4-7(11(14,15)16)9(13)3-6(8)10(17)5-1-2-5;/h3-5,10H,1-2,17H2;1H/t10-;/m1./s1. The molecule has 7 heteroatoms. The summed E-state index contributed by atoms with van der Waals surface area (Å²) in [7, 11) is 0. The van der Waals surface area contributed by atoms with Gasteiger partial charge in [0.05, 0.1) is 5.56 Å². The van der Waals surface area contributed by atoms with Crippen molar-refractivity contribution in [2.24, 2.45) is 11.7 Å². The van der Waals surface area contributed by atoms with Crippen LogP contribution in [-0.2, 0) is 6.18 Å². The molecule has 1 aliphatic rings. The summed E-state index contributed by atoms with van der Waals surface area (Å²) in [5.41, 5.74) is 3.86. The molecule has 1 aromatic rings. The van der Waals surface area contributed by atoms with Crippen LogP contribution in [0, 0.1) is 17.6 Å². The van der Waals surface area contributed by atoms with Gasteiger partial charge in [0, 0.05) is 11.6 Å². The van der Waals surface area contributed by atoms with Gasteiger partial charge >= 0.3 is 6.18 Å². The molecule has 1 aromatic carbocycles. The van der Waals surface area contributed by atoms with E-state index in [1.54, 1.807) is 0 Å². The van der Waals surface area contributed by atoms with Crippen LogP contribution in [0.4, 0.5) is 22.0 Å². The third-order valence-electron chi connectivity index (χ3n) is 2.88. The average molecular weight is 288 g/mol. The summed E-state index contributed by atoms with van der Waals surface area (Å²) in [6.45, 7) is 0. The molecule has 0 heterocycles. The maximum atomic E-state index is 13.5. The van der Waals surface area contributed by atoms with Crippen LogP contribution in [0.3, 0.4) is 0 Å². The molecule has 1 aliphatic carbocycles. The molecule has 2 rings (SSSR count). The van der Waals surface area contributed by atoms with Crippen molar-refractivity contribution in [2.45, 2.75) is 25.1 Å². The van der Waals surface area contributed by atoms with E-state index in [4.69, 9.17) is 5.73 Å². The van der Waals surface area contributed by atoms with Gasteiger partial charge in [-0.05, 0) is 30.9 Å². The van der Waals surface area contributed by atoms with E-state index < -0.39 is 29.4 Å². The fraction of sp³-hybridized carbons (Fsp3) is 0.455. The van der Waals surface area contributed by atoms with Gasteiger partial charge in [-0.25, -0.2) is 8.78 Å². The summed E-state index contributed by atoms with van der Waals surface area (Å²) in [4.78, 5) is 0. The predicted molar refractivity (Wildman–Crippen MR) is 58.3 cm³/mol. The van der Waals surface area contributed by atoms with E-state index in [-0.39, 0.29) is 30.0 Å². The second kappa shape index (κ2) is 5.01. The van der Waals surface area contributed by atoms with E-state index in [0.29, 0.717) is 6.07 Å². The Balaban J connectivity index is 0.00000162. The maximum Gasteiger partial charge on any atom is 0.419 e. The van der Waals surface area contributed by atoms with Crippen LogP contribution in [0.1, 0.15) is 30.0 Å². The molecule has 1 saturated carbocycles. The largest absolute Gasteiger partial charge is 0.419 e. The summed E-state index contributed by atoms with van der Waals surface area (Å²) >= 11 is 0. The lowest BCUT2D eigenvalue weighted by Gasteiger charge is -2.15. The molecular formula is C11H11ClF5N. The van der Waals surface area contributed by atoms with Crippen LogP contribution in [0.5, 0.6) is 0 Å². The third kappa shape index (κ3) is 2.92. The number of nitrogens with two attached hydrogens (primary N) is 1. The SMILES string of the molecule is Cl.N[C@@H](c1cc(F)c(C(F)(F)F)cc1F)C1CC1. The Morgan fingerprint density at radius 3 is 2.11 bits per heavy atom. The Kier molecular flexibility index (Phi) is 4.23. The van der Waals surface area contributed by atoms with E-state index in [1.807, 2.05) is 0 Å². The van der Waals surface area contributed by atoms with E-state index in [2.05, 4.69) is 0 Å². The monoisotopic (exact) mass is 287 g/mol. The van der Waals surface area contributed by atoms with Crippen molar-refractivity contribution in [1.82, 2.24) is 0 Å². The van der Waals surface area contributed by atoms with Gasteiger partial charge in [-0.1, -0.05) is 0 Å². The van der Waals surface area contributed by atoms with Gasteiger partial charge in [-0.15, -0.1) is 12.4 Å². The highest BCUT2D eigenvalue weighted by atomic mass is 35.5. The molecule has 0 aliphatic heterocycles. The van der Waals surface area contributed by atoms with Crippen LogP contribution < -0.4 is 5.73 Å². The van der Waals surface area contributed by atoms with Crippen molar-refractivity contribution >= 4 is 12.4 Å². The summed E-state index contributed by atoms with van der Waals surface area (Å²) in [6.07, 6.45) is -3.31. The zero-order chi connectivity index (χ0) is 12.8. The number of rotatable bonds is 2. The fourth-order valence-electron chi connectivity index (χ4n) is 1.74. The molecule has 0 aromatic heterocycles. The van der Waals surface area contributed by atoms with Crippen molar-refractivity contribution < 1.29 is 22.0 Å². The Hall–Kier alpha value is -0.880. The molecule has 2 N–H and O–H groups in total. The van der Waals surface area contributed by atoms with Crippen LogP contribution >= 0.6 is 12.4 Å². The average Bonchev–Trinajstić information content (AvgIpc) is 3.01. The van der Waals surface area contributed by atoms with Crippen LogP contribution in [0.15, 0.2) is 12.1 Å². The first-order valence-corrected chi connectivity index (χ1v) is 5.12. The smallest absolute Gasteiger partial charge is 0.324 e. The minimum absolute atomic E-state index is 0. The van der Waals surface area contributed by atoms with Gasteiger partial charge in [0.2, 0.25) is 0 Å². The Bertz CT molecular complexity index is 442. The third-order valence-corrected chi connectivity index (χ3v) is 2.88. The number of hydrogen-bond acceptors (Lipinski definition) is 1. The highest BCUT2D eigenvalue weighted by Crippen LogP contribution is 2.41. The number of alkyl halides is 3. The zero-order valence-corrected chi connectivity index (χ0v) is 9.92. The van der Waals surface area contributed by atoms with Crippen molar-refractivity contribution in [2.75, 3.05) is 0 Å². The molecule has 1 nitrogen and oxygen atoms in total. The topological polar surface area (TPSA) is 26.0 Å². The van der Waals surface area contributed by atoms with E-state index >= 15 is 0 Å². The van der Waals surface area contributed by atoms with Crippen molar-refractivity contribution in [3.63, 3.8) is 0 Å². The van der Waals surface area contributed by atoms with E-state index in [9.17, 15) is 22.0 Å². The molecule has 0 bridgehead atoms. The molecule has 0 saturated heterocycles. The lowest BCUT2D eigenvalue weighted by molar-refractivity contribution is -0.140. The molecule has 102 valence electrons. The quantitative estimate of drug-likeness (QED) is 0.822. The highest BCUT2D eigenvalue weighted by molar-refractivity contribution is 5.85. The Morgan fingerprint density at radius 1 is 1.11 bits per heavy atom. The molecule has 1 atom stereocenters. The van der Waals surface area contributed by atoms with Crippen LogP contribution in [-0.4, -0.2) is 0 Å². The second-order valence-electron chi connectivity index (χ2n) is 4.21. The van der Waals surface area contributed by atoms with Crippen molar-refractivity contribution in [3.8, 4) is 0 Å². The predicted octanol–water partition coefficient (Wildman–Crippen LogP) is 3.82. The molecule has 0 unspecified atom stereocenters. The maximum absolute atomic E-state index is 13.5. The summed E-state index contributed by atoms with van der Waals surface area (Å²) in [5.74, 6) is -2.54. The molecular weight excluding hydrogens is 277 g/mol. The number of hydrogen-bond donors (Lipinski definition) is 1. The number of halogens is 6. The van der Waals surface area contributed by atoms with Gasteiger partial charge in [0.15, 0.2) is 0 Å². The highest BCUT2D eigenvalue weighted by Gasteiger charge is 2.37. The molecule has 1 fully saturated rings. The van der Waals surface area contributed by atoms with Gasteiger partial charge in [0.1, 0.15) is 11.6 Å². The van der Waals surface area contributed by atoms with E-state index in [1.165, 1.54) is 0 Å². The fourth-order valence-corrected chi connectivity index (χ4v) is 1.74. The normalized spacial score (nSPS) is 17.2. The van der Waals surface area contributed by atoms with Crippen molar-refractivity contribution in [1.29, 1.82) is 0 Å². The van der Waals surface area contributed by atoms with Gasteiger partial charge in [-0.3, -0.25) is 0 Å². The summed E-state index contributed by atoms with van der Waals surface area (Å²) in [6, 6.07) is 0.000378.